The molecule has 0 bridgehead atoms. The maximum Gasteiger partial charge on any atom is 0.137 e. The van der Waals surface area contributed by atoms with Crippen LogP contribution >= 0.6 is 11.6 Å². The summed E-state index contributed by atoms with van der Waals surface area (Å²) in [6, 6.07) is 8.88. The lowest BCUT2D eigenvalue weighted by Crippen LogP contribution is -2.27. The fraction of sp³-hybridized carbons (Fsp3) is 0.300. The van der Waals surface area contributed by atoms with Gasteiger partial charge in [-0.3, -0.25) is 0 Å². The smallest absolute Gasteiger partial charge is 0.137 e. The van der Waals surface area contributed by atoms with E-state index in [9.17, 15) is 0 Å². The molecule has 1 aromatic carbocycles. The van der Waals surface area contributed by atoms with Gasteiger partial charge in [-0.15, -0.1) is 0 Å². The SMILES string of the molecule is N#CCC(N)COc1ccccc1Cl. The normalized spacial score (nSPS) is 11.8. The van der Waals surface area contributed by atoms with E-state index in [0.717, 1.165) is 0 Å². The number of rotatable bonds is 4. The largest absolute Gasteiger partial charge is 0.490 e. The second-order valence-electron chi connectivity index (χ2n) is 2.86. The van der Waals surface area contributed by atoms with E-state index in [-0.39, 0.29) is 12.5 Å². The number of nitriles is 1. The molecule has 1 atom stereocenters. The molecule has 0 aliphatic heterocycles. The summed E-state index contributed by atoms with van der Waals surface area (Å²) in [5.74, 6) is 0.600. The third-order valence-electron chi connectivity index (χ3n) is 1.64. The molecule has 0 radical (unpaired) electrons. The molecule has 74 valence electrons. The molecule has 2 N–H and O–H groups in total. The van der Waals surface area contributed by atoms with Crippen molar-refractivity contribution in [3.8, 4) is 11.8 Å². The zero-order valence-corrected chi connectivity index (χ0v) is 8.37. The van der Waals surface area contributed by atoms with E-state index in [1.165, 1.54) is 0 Å². The lowest BCUT2D eigenvalue weighted by atomic mass is 10.2. The molecule has 3 nitrogen and oxygen atoms in total. The van der Waals surface area contributed by atoms with Crippen molar-refractivity contribution >= 4 is 11.6 Å². The second kappa shape index (κ2) is 5.48. The van der Waals surface area contributed by atoms with Gasteiger partial charge in [0.2, 0.25) is 0 Å². The lowest BCUT2D eigenvalue weighted by Gasteiger charge is -2.10. The van der Waals surface area contributed by atoms with Gasteiger partial charge in [0, 0.05) is 0 Å². The Balaban J connectivity index is 2.46. The van der Waals surface area contributed by atoms with Crippen LogP contribution in [0.3, 0.4) is 0 Å². The van der Waals surface area contributed by atoms with Crippen LogP contribution in [0.5, 0.6) is 5.75 Å². The molecule has 0 saturated heterocycles. The predicted molar refractivity (Wildman–Crippen MR) is 55.2 cm³/mol. The molecule has 4 heteroatoms. The van der Waals surface area contributed by atoms with Crippen molar-refractivity contribution in [1.29, 1.82) is 5.26 Å². The minimum Gasteiger partial charge on any atom is -0.490 e. The van der Waals surface area contributed by atoms with Gasteiger partial charge in [0.05, 0.1) is 23.6 Å². The molecule has 1 unspecified atom stereocenters. The average molecular weight is 211 g/mol. The van der Waals surface area contributed by atoms with Gasteiger partial charge in [0.25, 0.3) is 0 Å². The zero-order valence-electron chi connectivity index (χ0n) is 7.61. The van der Waals surface area contributed by atoms with Crippen molar-refractivity contribution in [1.82, 2.24) is 0 Å². The van der Waals surface area contributed by atoms with Crippen molar-refractivity contribution in [3.63, 3.8) is 0 Å². The molecule has 0 heterocycles. The summed E-state index contributed by atoms with van der Waals surface area (Å²) >= 11 is 5.85. The number of hydrogen-bond donors (Lipinski definition) is 1. The molecule has 0 fully saturated rings. The van der Waals surface area contributed by atoms with Crippen molar-refractivity contribution in [2.45, 2.75) is 12.5 Å². The third-order valence-corrected chi connectivity index (χ3v) is 1.96. The fourth-order valence-corrected chi connectivity index (χ4v) is 1.13. The van der Waals surface area contributed by atoms with Crippen molar-refractivity contribution in [2.75, 3.05) is 6.61 Å². The summed E-state index contributed by atoms with van der Waals surface area (Å²) < 4.78 is 5.34. The number of halogens is 1. The van der Waals surface area contributed by atoms with Crippen LogP contribution in [0, 0.1) is 11.3 Å². The minimum absolute atomic E-state index is 0.267. The van der Waals surface area contributed by atoms with Crippen LogP contribution < -0.4 is 10.5 Å². The molecule has 0 spiro atoms. The Bertz CT molecular complexity index is 335. The first-order chi connectivity index (χ1) is 6.74. The number of nitrogens with zero attached hydrogens (tertiary/aromatic N) is 1. The van der Waals surface area contributed by atoms with Gasteiger partial charge in [0.15, 0.2) is 0 Å². The Morgan fingerprint density at radius 3 is 2.86 bits per heavy atom. The second-order valence-corrected chi connectivity index (χ2v) is 3.27. The quantitative estimate of drug-likeness (QED) is 0.827. The molecule has 0 aromatic heterocycles. The van der Waals surface area contributed by atoms with Crippen molar-refractivity contribution in [3.05, 3.63) is 29.3 Å². The summed E-state index contributed by atoms with van der Waals surface area (Å²) in [6.45, 7) is 0.303. The van der Waals surface area contributed by atoms with Gasteiger partial charge >= 0.3 is 0 Å². The molecule has 14 heavy (non-hydrogen) atoms. The van der Waals surface area contributed by atoms with Crippen LogP contribution in [-0.2, 0) is 0 Å². The highest BCUT2D eigenvalue weighted by molar-refractivity contribution is 6.32. The van der Waals surface area contributed by atoms with E-state index in [0.29, 0.717) is 17.4 Å². The van der Waals surface area contributed by atoms with E-state index >= 15 is 0 Å². The monoisotopic (exact) mass is 210 g/mol. The Kier molecular flexibility index (Phi) is 4.24. The van der Waals surface area contributed by atoms with Crippen LogP contribution in [0.25, 0.3) is 0 Å². The maximum atomic E-state index is 8.38. The molecule has 1 aromatic rings. The summed E-state index contributed by atoms with van der Waals surface area (Å²) in [6.07, 6.45) is 0.282. The van der Waals surface area contributed by atoms with E-state index in [4.69, 9.17) is 27.3 Å². The standard InChI is InChI=1S/C10H11ClN2O/c11-9-3-1-2-4-10(9)14-7-8(13)5-6-12/h1-4,8H,5,7,13H2. The first-order valence-electron chi connectivity index (χ1n) is 4.24. The van der Waals surface area contributed by atoms with Gasteiger partial charge in [-0.05, 0) is 12.1 Å². The fourth-order valence-electron chi connectivity index (χ4n) is 0.935. The molecular weight excluding hydrogens is 200 g/mol. The third kappa shape index (κ3) is 3.25. The highest BCUT2D eigenvalue weighted by Gasteiger charge is 2.04. The molecule has 0 aliphatic rings. The van der Waals surface area contributed by atoms with E-state index in [1.807, 2.05) is 18.2 Å². The number of ether oxygens (including phenoxy) is 1. The van der Waals surface area contributed by atoms with Gasteiger partial charge in [-0.2, -0.15) is 5.26 Å². The average Bonchev–Trinajstić information content (AvgIpc) is 2.17. The summed E-state index contributed by atoms with van der Waals surface area (Å²) in [4.78, 5) is 0. The summed E-state index contributed by atoms with van der Waals surface area (Å²) in [5, 5.41) is 8.93. The Morgan fingerprint density at radius 1 is 1.50 bits per heavy atom. The predicted octanol–water partition coefficient (Wildman–Crippen LogP) is 1.96. The Morgan fingerprint density at radius 2 is 2.21 bits per heavy atom. The minimum atomic E-state index is -0.267. The maximum absolute atomic E-state index is 8.38. The van der Waals surface area contributed by atoms with Crippen LogP contribution in [-0.4, -0.2) is 12.6 Å². The van der Waals surface area contributed by atoms with E-state index in [2.05, 4.69) is 0 Å². The van der Waals surface area contributed by atoms with Crippen LogP contribution in [0.1, 0.15) is 6.42 Å². The molecule has 0 aliphatic carbocycles. The van der Waals surface area contributed by atoms with Gasteiger partial charge in [-0.25, -0.2) is 0 Å². The van der Waals surface area contributed by atoms with E-state index < -0.39 is 0 Å². The molecule has 0 saturated carbocycles. The van der Waals surface area contributed by atoms with E-state index in [1.54, 1.807) is 12.1 Å². The molecule has 1 rings (SSSR count). The number of para-hydroxylation sites is 1. The first-order valence-corrected chi connectivity index (χ1v) is 4.61. The topological polar surface area (TPSA) is 59.0 Å². The van der Waals surface area contributed by atoms with Gasteiger partial charge in [0.1, 0.15) is 12.4 Å². The molecule has 0 amide bonds. The highest BCUT2D eigenvalue weighted by Crippen LogP contribution is 2.22. The first kappa shape index (κ1) is 10.8. The van der Waals surface area contributed by atoms with Crippen LogP contribution in [0.4, 0.5) is 0 Å². The van der Waals surface area contributed by atoms with Crippen molar-refractivity contribution < 1.29 is 4.74 Å². The molecular formula is C10H11ClN2O. The van der Waals surface area contributed by atoms with Crippen LogP contribution in [0.15, 0.2) is 24.3 Å². The number of benzene rings is 1. The number of nitrogens with two attached hydrogens (primary N) is 1. The summed E-state index contributed by atoms with van der Waals surface area (Å²) in [5.41, 5.74) is 5.59. The van der Waals surface area contributed by atoms with Crippen molar-refractivity contribution in [2.24, 2.45) is 5.73 Å². The summed E-state index contributed by atoms with van der Waals surface area (Å²) in [7, 11) is 0. The lowest BCUT2D eigenvalue weighted by molar-refractivity contribution is 0.290. The zero-order chi connectivity index (χ0) is 10.4. The number of hydrogen-bond acceptors (Lipinski definition) is 3. The van der Waals surface area contributed by atoms with Gasteiger partial charge < -0.3 is 10.5 Å². The Hall–Kier alpha value is -1.24. The van der Waals surface area contributed by atoms with Gasteiger partial charge in [-0.1, -0.05) is 23.7 Å². The Labute approximate surface area is 88.0 Å². The highest BCUT2D eigenvalue weighted by atomic mass is 35.5. The van der Waals surface area contributed by atoms with Crippen LogP contribution in [0.2, 0.25) is 5.02 Å².